The van der Waals surface area contributed by atoms with E-state index in [1.54, 1.807) is 6.20 Å². The second kappa shape index (κ2) is 3.94. The first-order valence-corrected chi connectivity index (χ1v) is 5.61. The van der Waals surface area contributed by atoms with Crippen molar-refractivity contribution < 1.29 is 0 Å². The standard InChI is InChI=1S/C11H15ClN4/c1-7-5-6-13-11-9(7)14-10(8(2)12)16(11)15(3)4/h5-6,8H,1-4H3. The van der Waals surface area contributed by atoms with Gasteiger partial charge in [-0.1, -0.05) is 0 Å². The van der Waals surface area contributed by atoms with Gasteiger partial charge in [-0.2, -0.15) is 0 Å². The van der Waals surface area contributed by atoms with Crippen molar-refractivity contribution in [2.24, 2.45) is 0 Å². The zero-order valence-electron chi connectivity index (χ0n) is 9.90. The van der Waals surface area contributed by atoms with Gasteiger partial charge in [-0.25, -0.2) is 14.6 Å². The van der Waals surface area contributed by atoms with Crippen LogP contribution in [-0.2, 0) is 0 Å². The van der Waals surface area contributed by atoms with Crippen LogP contribution in [0.1, 0.15) is 23.7 Å². The Hall–Kier alpha value is -1.29. The summed E-state index contributed by atoms with van der Waals surface area (Å²) in [4.78, 5) is 8.93. The summed E-state index contributed by atoms with van der Waals surface area (Å²) in [6.45, 7) is 3.94. The molecule has 86 valence electrons. The Bertz CT molecular complexity index is 516. The van der Waals surface area contributed by atoms with Crippen molar-refractivity contribution in [1.29, 1.82) is 0 Å². The molecule has 0 radical (unpaired) electrons. The quantitative estimate of drug-likeness (QED) is 0.753. The van der Waals surface area contributed by atoms with E-state index in [1.807, 2.05) is 43.7 Å². The SMILES string of the molecule is Cc1ccnc2c1nc(C(C)Cl)n2N(C)C. The molecule has 0 saturated carbocycles. The summed E-state index contributed by atoms with van der Waals surface area (Å²) in [5.74, 6) is 0.823. The van der Waals surface area contributed by atoms with Crippen molar-refractivity contribution in [2.75, 3.05) is 19.1 Å². The molecule has 0 aliphatic rings. The number of alkyl halides is 1. The first-order chi connectivity index (χ1) is 7.52. The number of aromatic nitrogens is 3. The number of hydrogen-bond acceptors (Lipinski definition) is 3. The molecule has 0 spiro atoms. The molecule has 2 rings (SSSR count). The van der Waals surface area contributed by atoms with Crippen molar-refractivity contribution >= 4 is 22.8 Å². The van der Waals surface area contributed by atoms with Gasteiger partial charge in [0.05, 0.1) is 5.38 Å². The van der Waals surface area contributed by atoms with Gasteiger partial charge in [0, 0.05) is 20.3 Å². The van der Waals surface area contributed by atoms with Crippen LogP contribution < -0.4 is 5.01 Å². The van der Waals surface area contributed by atoms with Crippen LogP contribution in [0.25, 0.3) is 11.2 Å². The predicted molar refractivity (Wildman–Crippen MR) is 66.6 cm³/mol. The van der Waals surface area contributed by atoms with E-state index in [0.29, 0.717) is 0 Å². The predicted octanol–water partition coefficient (Wildman–Crippen LogP) is 2.24. The smallest absolute Gasteiger partial charge is 0.179 e. The first-order valence-electron chi connectivity index (χ1n) is 5.18. The minimum absolute atomic E-state index is 0.143. The van der Waals surface area contributed by atoms with Gasteiger partial charge in [0.2, 0.25) is 0 Å². The molecular weight excluding hydrogens is 224 g/mol. The van der Waals surface area contributed by atoms with Crippen molar-refractivity contribution in [3.05, 3.63) is 23.7 Å². The third-order valence-corrected chi connectivity index (χ3v) is 2.70. The number of rotatable bonds is 2. The van der Waals surface area contributed by atoms with Gasteiger partial charge in [0.15, 0.2) is 5.65 Å². The number of hydrogen-bond donors (Lipinski definition) is 0. The highest BCUT2D eigenvalue weighted by molar-refractivity contribution is 6.20. The molecule has 0 bridgehead atoms. The van der Waals surface area contributed by atoms with Gasteiger partial charge < -0.3 is 5.01 Å². The van der Waals surface area contributed by atoms with Gasteiger partial charge in [-0.15, -0.1) is 11.6 Å². The minimum atomic E-state index is -0.143. The molecule has 1 unspecified atom stereocenters. The maximum absolute atomic E-state index is 6.14. The molecule has 0 amide bonds. The fourth-order valence-electron chi connectivity index (χ4n) is 1.75. The Balaban J connectivity index is 2.81. The molecule has 0 aromatic carbocycles. The van der Waals surface area contributed by atoms with Crippen molar-refractivity contribution in [2.45, 2.75) is 19.2 Å². The number of fused-ring (bicyclic) bond motifs is 1. The van der Waals surface area contributed by atoms with Gasteiger partial charge >= 0.3 is 0 Å². The topological polar surface area (TPSA) is 34.0 Å². The maximum atomic E-state index is 6.14. The van der Waals surface area contributed by atoms with Crippen molar-refractivity contribution in [1.82, 2.24) is 14.6 Å². The van der Waals surface area contributed by atoms with Gasteiger partial charge in [0.1, 0.15) is 11.3 Å². The Morgan fingerprint density at radius 1 is 1.44 bits per heavy atom. The molecule has 1 atom stereocenters. The van der Waals surface area contributed by atoms with E-state index in [0.717, 1.165) is 22.6 Å². The Morgan fingerprint density at radius 3 is 2.69 bits per heavy atom. The third kappa shape index (κ3) is 1.63. The molecule has 0 saturated heterocycles. The van der Waals surface area contributed by atoms with Crippen molar-refractivity contribution in [3.63, 3.8) is 0 Å². The number of aryl methyl sites for hydroxylation is 1. The van der Waals surface area contributed by atoms with Crippen LogP contribution in [0, 0.1) is 6.92 Å². The average molecular weight is 239 g/mol. The highest BCUT2D eigenvalue weighted by Crippen LogP contribution is 2.24. The molecule has 2 heterocycles. The Kier molecular flexibility index (Phi) is 2.76. The molecule has 2 aromatic heterocycles. The van der Waals surface area contributed by atoms with E-state index >= 15 is 0 Å². The lowest BCUT2D eigenvalue weighted by Crippen LogP contribution is -2.27. The summed E-state index contributed by atoms with van der Waals surface area (Å²) in [6.07, 6.45) is 1.79. The van der Waals surface area contributed by atoms with Crippen LogP contribution in [0.2, 0.25) is 0 Å². The van der Waals surface area contributed by atoms with Crippen LogP contribution in [0.15, 0.2) is 12.3 Å². The number of halogens is 1. The summed E-state index contributed by atoms with van der Waals surface area (Å²) in [5.41, 5.74) is 2.88. The number of pyridine rings is 1. The average Bonchev–Trinajstić information content (AvgIpc) is 2.58. The minimum Gasteiger partial charge on any atom is -0.316 e. The lowest BCUT2D eigenvalue weighted by Gasteiger charge is -2.18. The van der Waals surface area contributed by atoms with Crippen LogP contribution in [0.4, 0.5) is 0 Å². The zero-order valence-corrected chi connectivity index (χ0v) is 10.7. The molecular formula is C11H15ClN4. The highest BCUT2D eigenvalue weighted by atomic mass is 35.5. The van der Waals surface area contributed by atoms with E-state index in [-0.39, 0.29) is 5.38 Å². The summed E-state index contributed by atoms with van der Waals surface area (Å²) in [5, 5.41) is 1.80. The van der Waals surface area contributed by atoms with Crippen LogP contribution >= 0.6 is 11.6 Å². The van der Waals surface area contributed by atoms with Crippen molar-refractivity contribution in [3.8, 4) is 0 Å². The Labute approximate surface area is 99.8 Å². The van der Waals surface area contributed by atoms with E-state index < -0.39 is 0 Å². The lowest BCUT2D eigenvalue weighted by atomic mass is 10.3. The molecule has 0 N–H and O–H groups in total. The normalized spacial score (nSPS) is 13.1. The summed E-state index contributed by atoms with van der Waals surface area (Å²) in [6, 6.07) is 1.96. The molecule has 0 aliphatic carbocycles. The van der Waals surface area contributed by atoms with E-state index in [1.165, 1.54) is 0 Å². The highest BCUT2D eigenvalue weighted by Gasteiger charge is 2.17. The van der Waals surface area contributed by atoms with Crippen LogP contribution in [0.5, 0.6) is 0 Å². The molecule has 0 fully saturated rings. The zero-order chi connectivity index (χ0) is 11.9. The summed E-state index contributed by atoms with van der Waals surface area (Å²) >= 11 is 6.14. The van der Waals surface area contributed by atoms with Gasteiger partial charge in [-0.05, 0) is 25.5 Å². The first kappa shape index (κ1) is 11.2. The number of imidazole rings is 1. The lowest BCUT2D eigenvalue weighted by molar-refractivity contribution is 0.689. The second-order valence-electron chi connectivity index (χ2n) is 4.05. The molecule has 2 aromatic rings. The van der Waals surface area contributed by atoms with E-state index in [2.05, 4.69) is 9.97 Å². The summed E-state index contributed by atoms with van der Waals surface area (Å²) in [7, 11) is 3.90. The monoisotopic (exact) mass is 238 g/mol. The molecule has 4 nitrogen and oxygen atoms in total. The van der Waals surface area contributed by atoms with Gasteiger partial charge in [0.25, 0.3) is 0 Å². The summed E-state index contributed by atoms with van der Waals surface area (Å²) < 4.78 is 1.94. The third-order valence-electron chi connectivity index (χ3n) is 2.51. The largest absolute Gasteiger partial charge is 0.316 e. The molecule has 5 heteroatoms. The van der Waals surface area contributed by atoms with E-state index in [4.69, 9.17) is 11.6 Å². The Morgan fingerprint density at radius 2 is 2.12 bits per heavy atom. The molecule has 0 aliphatic heterocycles. The molecule has 16 heavy (non-hydrogen) atoms. The second-order valence-corrected chi connectivity index (χ2v) is 4.70. The fraction of sp³-hybridized carbons (Fsp3) is 0.455. The maximum Gasteiger partial charge on any atom is 0.179 e. The van der Waals surface area contributed by atoms with Crippen LogP contribution in [-0.4, -0.2) is 28.7 Å². The van der Waals surface area contributed by atoms with Crippen LogP contribution in [0.3, 0.4) is 0 Å². The van der Waals surface area contributed by atoms with Gasteiger partial charge in [-0.3, -0.25) is 0 Å². The van der Waals surface area contributed by atoms with E-state index in [9.17, 15) is 0 Å². The fourth-order valence-corrected chi connectivity index (χ4v) is 1.89. The number of nitrogens with zero attached hydrogens (tertiary/aromatic N) is 4.